The summed E-state index contributed by atoms with van der Waals surface area (Å²) in [6.45, 7) is 3.49. The lowest BCUT2D eigenvalue weighted by Gasteiger charge is -2.43. The fraction of sp³-hybridized carbons (Fsp3) is 0.611. The normalized spacial score (nSPS) is 27.2. The highest BCUT2D eigenvalue weighted by atomic mass is 31.2. The first-order chi connectivity index (χ1) is 14.2. The number of anilines is 1. The Morgan fingerprint density at radius 1 is 1.13 bits per heavy atom. The van der Waals surface area contributed by atoms with E-state index < -0.39 is 68.2 Å². The van der Waals surface area contributed by atoms with Gasteiger partial charge in [-0.2, -0.15) is 8.78 Å². The molecule has 31 heavy (non-hydrogen) atoms. The number of amides is 2. The summed E-state index contributed by atoms with van der Waals surface area (Å²) in [5, 5.41) is 35.1. The smallest absolute Gasteiger partial charge is 0.325 e. The minimum absolute atomic E-state index is 0.131. The van der Waals surface area contributed by atoms with Gasteiger partial charge in [0.1, 0.15) is 18.3 Å². The van der Waals surface area contributed by atoms with Crippen molar-refractivity contribution in [3.8, 4) is 0 Å². The second-order valence-corrected chi connectivity index (χ2v) is 9.47. The number of rotatable bonds is 7. The lowest BCUT2D eigenvalue weighted by molar-refractivity contribution is -0.279. The first kappa shape index (κ1) is 25.6. The third-order valence-electron chi connectivity index (χ3n) is 4.72. The Hall–Kier alpha value is -1.66. The van der Waals surface area contributed by atoms with Crippen LogP contribution in [0.2, 0.25) is 0 Å². The second kappa shape index (κ2) is 9.86. The van der Waals surface area contributed by atoms with Gasteiger partial charge in [-0.3, -0.25) is 4.57 Å². The average molecular weight is 468 g/mol. The van der Waals surface area contributed by atoms with E-state index in [1.807, 2.05) is 0 Å². The van der Waals surface area contributed by atoms with E-state index in [1.165, 1.54) is 12.1 Å². The molecule has 0 spiro atoms. The van der Waals surface area contributed by atoms with E-state index in [0.717, 1.165) is 12.1 Å². The second-order valence-electron chi connectivity index (χ2n) is 7.70. The standard InChI is InChI=1S/C18H27F2N2O8P/c1-9(2)21-17(26)22-11-5-3-10(4-6-11)18(19,20)16-15(25)14(24)13(23)12(30-16)7-8-31(27,28)29/h3-6,9,12-16,23-25H,7-8H2,1-2H3,(H2,21,22,26)(H2,27,28,29)/t12-,13-,14+,15+,16?/m1/s1. The summed E-state index contributed by atoms with van der Waals surface area (Å²) in [4.78, 5) is 29.6. The number of carbonyl (C=O) groups excluding carboxylic acids is 1. The molecule has 0 bridgehead atoms. The molecule has 10 nitrogen and oxygen atoms in total. The Labute approximate surface area is 177 Å². The van der Waals surface area contributed by atoms with E-state index in [9.17, 15) is 24.7 Å². The molecule has 5 atom stereocenters. The highest BCUT2D eigenvalue weighted by molar-refractivity contribution is 7.51. The average Bonchev–Trinajstić information content (AvgIpc) is 2.64. The quantitative estimate of drug-likeness (QED) is 0.287. The maximum Gasteiger partial charge on any atom is 0.325 e. The minimum atomic E-state index is -4.50. The highest BCUT2D eigenvalue weighted by Gasteiger charge is 2.55. The van der Waals surface area contributed by atoms with Crippen LogP contribution in [0.3, 0.4) is 0 Å². The monoisotopic (exact) mass is 468 g/mol. The van der Waals surface area contributed by atoms with Gasteiger partial charge in [-0.1, -0.05) is 12.1 Å². The summed E-state index contributed by atoms with van der Waals surface area (Å²) in [6.07, 6.45) is -11.0. The molecule has 13 heteroatoms. The van der Waals surface area contributed by atoms with Crippen LogP contribution in [0.5, 0.6) is 0 Å². The van der Waals surface area contributed by atoms with E-state index >= 15 is 8.78 Å². The number of ether oxygens (including phenoxy) is 1. The number of urea groups is 1. The van der Waals surface area contributed by atoms with Crippen LogP contribution >= 0.6 is 7.60 Å². The minimum Gasteiger partial charge on any atom is -0.388 e. The summed E-state index contributed by atoms with van der Waals surface area (Å²) in [7, 11) is -4.50. The molecule has 1 saturated heterocycles. The number of halogens is 2. The van der Waals surface area contributed by atoms with E-state index in [2.05, 4.69) is 10.6 Å². The number of benzene rings is 1. The molecule has 0 aromatic heterocycles. The SMILES string of the molecule is CC(C)NC(=O)Nc1ccc(C(F)(F)C2O[C@H](CCP(=O)(O)O)[C@@H](O)[C@H](O)[C@@H]2O)cc1. The van der Waals surface area contributed by atoms with Crippen molar-refractivity contribution in [3.63, 3.8) is 0 Å². The summed E-state index contributed by atoms with van der Waals surface area (Å²) in [5.41, 5.74) is -0.360. The summed E-state index contributed by atoms with van der Waals surface area (Å²) < 4.78 is 46.3. The lowest BCUT2D eigenvalue weighted by Crippen LogP contribution is -2.61. The van der Waals surface area contributed by atoms with Crippen molar-refractivity contribution in [1.29, 1.82) is 0 Å². The van der Waals surface area contributed by atoms with Crippen LogP contribution in [0.25, 0.3) is 0 Å². The Bertz CT molecular complexity index is 804. The van der Waals surface area contributed by atoms with Gasteiger partial charge in [-0.15, -0.1) is 0 Å². The number of aliphatic hydroxyl groups excluding tert-OH is 3. The zero-order valence-electron chi connectivity index (χ0n) is 16.9. The molecular formula is C18H27F2N2O8P. The Kier molecular flexibility index (Phi) is 8.15. The van der Waals surface area contributed by atoms with Crippen molar-refractivity contribution in [3.05, 3.63) is 29.8 Å². The van der Waals surface area contributed by atoms with Crippen molar-refractivity contribution in [2.24, 2.45) is 0 Å². The Balaban J connectivity index is 2.18. The van der Waals surface area contributed by atoms with Crippen molar-refractivity contribution < 1.29 is 48.0 Å². The van der Waals surface area contributed by atoms with Gasteiger partial charge < -0.3 is 40.5 Å². The molecule has 1 fully saturated rings. The van der Waals surface area contributed by atoms with Crippen molar-refractivity contribution in [1.82, 2.24) is 5.32 Å². The van der Waals surface area contributed by atoms with Gasteiger partial charge in [-0.05, 0) is 32.4 Å². The molecule has 1 aromatic rings. The third kappa shape index (κ3) is 6.66. The zero-order chi connectivity index (χ0) is 23.6. The molecule has 7 N–H and O–H groups in total. The van der Waals surface area contributed by atoms with Gasteiger partial charge in [0.15, 0.2) is 6.10 Å². The summed E-state index contributed by atoms with van der Waals surface area (Å²) in [5.74, 6) is -3.83. The van der Waals surface area contributed by atoms with Crippen LogP contribution in [0.15, 0.2) is 24.3 Å². The fourth-order valence-electron chi connectivity index (χ4n) is 3.15. The van der Waals surface area contributed by atoms with Gasteiger partial charge in [0.25, 0.3) is 0 Å². The van der Waals surface area contributed by atoms with Gasteiger partial charge >= 0.3 is 19.5 Å². The van der Waals surface area contributed by atoms with Crippen molar-refractivity contribution >= 4 is 19.3 Å². The van der Waals surface area contributed by atoms with E-state index in [1.54, 1.807) is 13.8 Å². The molecule has 0 saturated carbocycles. The van der Waals surface area contributed by atoms with Crippen LogP contribution in [0, 0.1) is 0 Å². The molecule has 1 aliphatic rings. The van der Waals surface area contributed by atoms with Crippen LogP contribution in [-0.2, 0) is 15.2 Å². The van der Waals surface area contributed by atoms with Gasteiger partial charge in [0.2, 0.25) is 0 Å². The molecule has 1 aromatic carbocycles. The maximum atomic E-state index is 15.1. The molecule has 2 amide bonds. The van der Waals surface area contributed by atoms with Gasteiger partial charge in [0.05, 0.1) is 12.3 Å². The summed E-state index contributed by atoms with van der Waals surface area (Å²) in [6, 6.07) is 3.79. The molecule has 1 unspecified atom stereocenters. The highest BCUT2D eigenvalue weighted by Crippen LogP contribution is 2.42. The number of nitrogens with one attached hydrogen (secondary N) is 2. The van der Waals surface area contributed by atoms with Crippen molar-refractivity contribution in [2.45, 2.75) is 62.8 Å². The predicted molar refractivity (Wildman–Crippen MR) is 106 cm³/mol. The predicted octanol–water partition coefficient (Wildman–Crippen LogP) is 0.726. The van der Waals surface area contributed by atoms with Crippen LogP contribution in [0.1, 0.15) is 25.8 Å². The molecule has 176 valence electrons. The molecule has 1 aliphatic heterocycles. The van der Waals surface area contributed by atoms with E-state index in [-0.39, 0.29) is 11.7 Å². The third-order valence-corrected chi connectivity index (χ3v) is 5.56. The first-order valence-corrected chi connectivity index (χ1v) is 11.3. The maximum absolute atomic E-state index is 15.1. The number of alkyl halides is 2. The van der Waals surface area contributed by atoms with Crippen LogP contribution in [-0.4, -0.2) is 73.9 Å². The Morgan fingerprint density at radius 3 is 2.23 bits per heavy atom. The van der Waals surface area contributed by atoms with E-state index in [0.29, 0.717) is 0 Å². The first-order valence-electron chi connectivity index (χ1n) is 9.52. The van der Waals surface area contributed by atoms with Crippen molar-refractivity contribution in [2.75, 3.05) is 11.5 Å². The molecule has 0 radical (unpaired) electrons. The molecular weight excluding hydrogens is 441 g/mol. The van der Waals surface area contributed by atoms with Crippen LogP contribution < -0.4 is 10.6 Å². The lowest BCUT2D eigenvalue weighted by atomic mass is 9.88. The number of carbonyl (C=O) groups is 1. The topological polar surface area (TPSA) is 169 Å². The fourth-order valence-corrected chi connectivity index (χ4v) is 3.74. The number of aliphatic hydroxyl groups is 3. The largest absolute Gasteiger partial charge is 0.388 e. The molecule has 2 rings (SSSR count). The number of hydrogen-bond donors (Lipinski definition) is 7. The number of hydrogen-bond acceptors (Lipinski definition) is 6. The Morgan fingerprint density at radius 2 is 1.71 bits per heavy atom. The molecule has 0 aliphatic carbocycles. The summed E-state index contributed by atoms with van der Waals surface area (Å²) >= 11 is 0. The van der Waals surface area contributed by atoms with E-state index in [4.69, 9.17) is 14.5 Å². The van der Waals surface area contributed by atoms with Gasteiger partial charge in [-0.25, -0.2) is 4.79 Å². The molecule has 1 heterocycles. The van der Waals surface area contributed by atoms with Gasteiger partial charge in [0, 0.05) is 17.3 Å². The van der Waals surface area contributed by atoms with Crippen LogP contribution in [0.4, 0.5) is 19.3 Å². The zero-order valence-corrected chi connectivity index (χ0v) is 17.7.